The fourth-order valence-corrected chi connectivity index (χ4v) is 1.79. The van der Waals surface area contributed by atoms with E-state index >= 15 is 0 Å². The van der Waals surface area contributed by atoms with Gasteiger partial charge in [0.15, 0.2) is 0 Å². The summed E-state index contributed by atoms with van der Waals surface area (Å²) in [5, 5.41) is 12.8. The third-order valence-electron chi connectivity index (χ3n) is 3.60. The van der Waals surface area contributed by atoms with Crippen LogP contribution in [0.5, 0.6) is 0 Å². The van der Waals surface area contributed by atoms with Crippen LogP contribution in [-0.4, -0.2) is 42.4 Å². The summed E-state index contributed by atoms with van der Waals surface area (Å²) in [6, 6.07) is 0. The molecule has 0 rings (SSSR count). The molecule has 0 aromatic rings. The van der Waals surface area contributed by atoms with E-state index in [1.54, 1.807) is 13.8 Å². The Kier molecular flexibility index (Phi) is 9.80. The predicted molar refractivity (Wildman–Crippen MR) is 81.4 cm³/mol. The van der Waals surface area contributed by atoms with Crippen molar-refractivity contribution in [3.05, 3.63) is 0 Å². The Labute approximate surface area is 123 Å². The molecule has 0 aliphatic rings. The molecule has 20 heavy (non-hydrogen) atoms. The summed E-state index contributed by atoms with van der Waals surface area (Å²) >= 11 is 0. The Morgan fingerprint density at radius 3 is 2.50 bits per heavy atom. The first kappa shape index (κ1) is 19.4. The van der Waals surface area contributed by atoms with Crippen molar-refractivity contribution in [1.82, 2.24) is 5.32 Å². The van der Waals surface area contributed by atoms with Crippen LogP contribution in [0.4, 0.5) is 0 Å². The highest BCUT2D eigenvalue weighted by atomic mass is 16.5. The standard InChI is InChI=1S/C15H32N2O3/c1-5-7-8-12(6-2)10-20-11-13(18)9-17-15(3,4)14(16)19/h12-13,17-18H,5-11H2,1-4H3,(H2,16,19). The number of aliphatic hydroxyl groups is 1. The molecule has 0 radical (unpaired) electrons. The number of rotatable bonds is 12. The summed E-state index contributed by atoms with van der Waals surface area (Å²) in [6.45, 7) is 9.00. The lowest BCUT2D eigenvalue weighted by Gasteiger charge is -2.24. The van der Waals surface area contributed by atoms with Gasteiger partial charge in [0.2, 0.25) is 5.91 Å². The summed E-state index contributed by atoms with van der Waals surface area (Å²) in [4.78, 5) is 11.1. The molecule has 4 N–H and O–H groups in total. The Morgan fingerprint density at radius 1 is 1.35 bits per heavy atom. The molecule has 0 spiro atoms. The molecule has 120 valence electrons. The summed E-state index contributed by atoms with van der Waals surface area (Å²) in [5.41, 5.74) is 4.44. The minimum absolute atomic E-state index is 0.282. The monoisotopic (exact) mass is 288 g/mol. The number of β-amino-alcohol motifs (C(OH)–C–C–N with tert-alkyl or cyclic N) is 1. The van der Waals surface area contributed by atoms with E-state index < -0.39 is 17.6 Å². The average molecular weight is 288 g/mol. The zero-order valence-corrected chi connectivity index (χ0v) is 13.4. The number of nitrogens with two attached hydrogens (primary N) is 1. The van der Waals surface area contributed by atoms with Gasteiger partial charge >= 0.3 is 0 Å². The van der Waals surface area contributed by atoms with Crippen LogP contribution >= 0.6 is 0 Å². The highest BCUT2D eigenvalue weighted by Crippen LogP contribution is 2.12. The number of hydrogen-bond donors (Lipinski definition) is 3. The minimum atomic E-state index is -0.811. The van der Waals surface area contributed by atoms with E-state index in [1.807, 2.05) is 0 Å². The summed E-state index contributed by atoms with van der Waals surface area (Å²) in [6.07, 6.45) is 4.07. The van der Waals surface area contributed by atoms with Gasteiger partial charge in [-0.2, -0.15) is 0 Å². The first-order chi connectivity index (χ1) is 9.33. The maximum absolute atomic E-state index is 11.1. The van der Waals surface area contributed by atoms with Crippen LogP contribution in [0, 0.1) is 5.92 Å². The van der Waals surface area contributed by atoms with E-state index in [2.05, 4.69) is 19.2 Å². The highest BCUT2D eigenvalue weighted by Gasteiger charge is 2.24. The Balaban J connectivity index is 3.82. The van der Waals surface area contributed by atoms with E-state index in [-0.39, 0.29) is 6.61 Å². The summed E-state index contributed by atoms with van der Waals surface area (Å²) in [7, 11) is 0. The first-order valence-electron chi connectivity index (χ1n) is 7.64. The second-order valence-electron chi connectivity index (χ2n) is 5.98. The van der Waals surface area contributed by atoms with Crippen molar-refractivity contribution >= 4 is 5.91 Å². The number of primary amides is 1. The minimum Gasteiger partial charge on any atom is -0.389 e. The van der Waals surface area contributed by atoms with Crippen LogP contribution in [-0.2, 0) is 9.53 Å². The molecule has 0 heterocycles. The number of aliphatic hydroxyl groups excluding tert-OH is 1. The lowest BCUT2D eigenvalue weighted by Crippen LogP contribution is -2.53. The van der Waals surface area contributed by atoms with Crippen molar-refractivity contribution in [2.45, 2.75) is 65.0 Å². The molecule has 5 heteroatoms. The molecule has 0 saturated heterocycles. The molecule has 2 atom stereocenters. The molecule has 1 amide bonds. The number of hydrogen-bond acceptors (Lipinski definition) is 4. The zero-order valence-electron chi connectivity index (χ0n) is 13.4. The van der Waals surface area contributed by atoms with E-state index in [9.17, 15) is 9.90 Å². The number of ether oxygens (including phenoxy) is 1. The molecule has 2 unspecified atom stereocenters. The largest absolute Gasteiger partial charge is 0.389 e. The third-order valence-corrected chi connectivity index (χ3v) is 3.60. The van der Waals surface area contributed by atoms with Crippen LogP contribution in [0.1, 0.15) is 53.4 Å². The molecule has 0 aliphatic heterocycles. The molecule has 0 aliphatic carbocycles. The number of amides is 1. The molecule has 5 nitrogen and oxygen atoms in total. The van der Waals surface area contributed by atoms with Gasteiger partial charge in [-0.15, -0.1) is 0 Å². The van der Waals surface area contributed by atoms with Crippen LogP contribution in [0.3, 0.4) is 0 Å². The quantitative estimate of drug-likeness (QED) is 0.507. The van der Waals surface area contributed by atoms with Crippen LogP contribution < -0.4 is 11.1 Å². The molecule has 0 aromatic carbocycles. The van der Waals surface area contributed by atoms with Crippen molar-refractivity contribution in [3.63, 3.8) is 0 Å². The van der Waals surface area contributed by atoms with Gasteiger partial charge in [-0.1, -0.05) is 33.1 Å². The second kappa shape index (κ2) is 10.1. The predicted octanol–water partition coefficient (Wildman–Crippen LogP) is 1.43. The van der Waals surface area contributed by atoms with Gasteiger partial charge in [0, 0.05) is 13.2 Å². The summed E-state index contributed by atoms with van der Waals surface area (Å²) in [5.74, 6) is 0.133. The first-order valence-corrected chi connectivity index (χ1v) is 7.64. The van der Waals surface area contributed by atoms with E-state index in [0.29, 0.717) is 19.1 Å². The highest BCUT2D eigenvalue weighted by molar-refractivity contribution is 5.83. The van der Waals surface area contributed by atoms with E-state index in [4.69, 9.17) is 10.5 Å². The van der Waals surface area contributed by atoms with Crippen LogP contribution in [0.25, 0.3) is 0 Å². The third kappa shape index (κ3) is 8.51. The Bertz CT molecular complexity index is 270. The normalized spacial score (nSPS) is 15.1. The van der Waals surface area contributed by atoms with Crippen molar-refractivity contribution < 1.29 is 14.6 Å². The van der Waals surface area contributed by atoms with Gasteiger partial charge in [0.25, 0.3) is 0 Å². The lowest BCUT2D eigenvalue weighted by molar-refractivity contribution is -0.123. The zero-order chi connectivity index (χ0) is 15.6. The number of carbonyl (C=O) groups excluding carboxylic acids is 1. The molecular weight excluding hydrogens is 256 g/mol. The Morgan fingerprint density at radius 2 is 2.00 bits per heavy atom. The number of carbonyl (C=O) groups is 1. The van der Waals surface area contributed by atoms with Crippen molar-refractivity contribution in [1.29, 1.82) is 0 Å². The van der Waals surface area contributed by atoms with E-state index in [0.717, 1.165) is 6.42 Å². The maximum Gasteiger partial charge on any atom is 0.237 e. The SMILES string of the molecule is CCCCC(CC)COCC(O)CNC(C)(C)C(N)=O. The van der Waals surface area contributed by atoms with Gasteiger partial charge in [0.1, 0.15) is 0 Å². The topological polar surface area (TPSA) is 84.6 Å². The lowest BCUT2D eigenvalue weighted by atomic mass is 10.0. The molecule has 0 fully saturated rings. The molecular formula is C15H32N2O3. The fourth-order valence-electron chi connectivity index (χ4n) is 1.79. The van der Waals surface area contributed by atoms with Crippen molar-refractivity contribution in [2.24, 2.45) is 11.7 Å². The summed E-state index contributed by atoms with van der Waals surface area (Å²) < 4.78 is 5.57. The molecule has 0 bridgehead atoms. The van der Waals surface area contributed by atoms with Gasteiger partial charge in [0.05, 0.1) is 18.2 Å². The molecule has 0 saturated carbocycles. The second-order valence-corrected chi connectivity index (χ2v) is 5.98. The van der Waals surface area contributed by atoms with Gasteiger partial charge in [-0.05, 0) is 26.2 Å². The number of nitrogens with one attached hydrogen (secondary N) is 1. The van der Waals surface area contributed by atoms with Crippen molar-refractivity contribution in [2.75, 3.05) is 19.8 Å². The van der Waals surface area contributed by atoms with Crippen LogP contribution in [0.15, 0.2) is 0 Å². The van der Waals surface area contributed by atoms with E-state index in [1.165, 1.54) is 19.3 Å². The van der Waals surface area contributed by atoms with Gasteiger partial charge in [-0.3, -0.25) is 4.79 Å². The van der Waals surface area contributed by atoms with Gasteiger partial charge in [-0.25, -0.2) is 0 Å². The molecule has 0 aromatic heterocycles. The smallest absolute Gasteiger partial charge is 0.237 e. The number of unbranched alkanes of at least 4 members (excludes halogenated alkanes) is 1. The Hall–Kier alpha value is -0.650. The van der Waals surface area contributed by atoms with Crippen molar-refractivity contribution in [3.8, 4) is 0 Å². The van der Waals surface area contributed by atoms with Gasteiger partial charge < -0.3 is 20.9 Å². The average Bonchev–Trinajstić information content (AvgIpc) is 2.40. The van der Waals surface area contributed by atoms with Crippen LogP contribution in [0.2, 0.25) is 0 Å². The maximum atomic E-state index is 11.1. The fraction of sp³-hybridized carbons (Fsp3) is 0.933.